The Bertz CT molecular complexity index is 3460. The quantitative estimate of drug-likeness (QED) is 0.169. The van der Waals surface area contributed by atoms with E-state index in [9.17, 15) is 0 Å². The average molecular weight is 771 g/mol. The molecule has 12 rings (SSSR count). The first kappa shape index (κ1) is 34.4. The van der Waals surface area contributed by atoms with Crippen LogP contribution in [-0.4, -0.2) is 4.98 Å². The summed E-state index contributed by atoms with van der Waals surface area (Å²) in [5, 5.41) is 4.51. The number of fused-ring (bicyclic) bond motifs is 8. The van der Waals surface area contributed by atoms with Crippen LogP contribution in [0, 0.1) is 0 Å². The highest BCUT2D eigenvalue weighted by atomic mass is 16.4. The van der Waals surface area contributed by atoms with Crippen molar-refractivity contribution in [3.63, 3.8) is 0 Å². The van der Waals surface area contributed by atoms with Crippen molar-refractivity contribution in [1.82, 2.24) is 4.98 Å². The molecule has 4 heteroatoms. The van der Waals surface area contributed by atoms with Gasteiger partial charge in [-0.15, -0.1) is 0 Å². The number of benzene rings is 9. The minimum Gasteiger partial charge on any atom is -0.456 e. The molecular weight excluding hydrogens is 733 g/mol. The monoisotopic (exact) mass is 770 g/mol. The van der Waals surface area contributed by atoms with Gasteiger partial charge in [0.2, 0.25) is 5.89 Å². The summed E-state index contributed by atoms with van der Waals surface area (Å²) in [7, 11) is 0. The summed E-state index contributed by atoms with van der Waals surface area (Å²) in [5.41, 5.74) is 16.8. The zero-order valence-electron chi connectivity index (χ0n) is 33.2. The number of nitrogens with zero attached hydrogens (tertiary/aromatic N) is 2. The number of aromatic nitrogens is 1. The standard InChI is InChI=1S/C56H38N2O2/c1-56(2)46-24-11-8-20-42(46)45-33-39(31-32-47(45)56)58(48-25-12-9-21-43(48)41-23-14-18-35-15-6-7-19-40(35)41)38-29-27-36(28-30-38)52-53-44-22-10-13-26-49(44)59-50(53)34-51-54(52)57-55(60-51)37-16-4-3-5-17-37/h3-34H,1-2H3. The fourth-order valence-electron chi connectivity index (χ4n) is 9.66. The summed E-state index contributed by atoms with van der Waals surface area (Å²) >= 11 is 0. The van der Waals surface area contributed by atoms with Crippen LogP contribution in [0.4, 0.5) is 17.1 Å². The Hall–Kier alpha value is -7.69. The molecule has 0 saturated carbocycles. The second-order valence-corrected chi connectivity index (χ2v) is 16.3. The van der Waals surface area contributed by atoms with Gasteiger partial charge in [-0.05, 0) is 92.7 Å². The molecule has 1 aliphatic rings. The Morgan fingerprint density at radius 1 is 0.450 bits per heavy atom. The van der Waals surface area contributed by atoms with E-state index in [-0.39, 0.29) is 5.41 Å². The van der Waals surface area contributed by atoms with E-state index in [1.165, 1.54) is 38.6 Å². The molecule has 60 heavy (non-hydrogen) atoms. The first-order chi connectivity index (χ1) is 29.5. The third-order valence-electron chi connectivity index (χ3n) is 12.5. The highest BCUT2D eigenvalue weighted by Crippen LogP contribution is 2.52. The maximum atomic E-state index is 6.48. The number of oxazole rings is 1. The number of hydrogen-bond acceptors (Lipinski definition) is 4. The number of anilines is 3. The molecule has 9 aromatic carbocycles. The minimum atomic E-state index is -0.0943. The molecule has 0 spiro atoms. The molecule has 0 radical (unpaired) electrons. The molecule has 0 fully saturated rings. The van der Waals surface area contributed by atoms with Gasteiger partial charge >= 0.3 is 0 Å². The summed E-state index contributed by atoms with van der Waals surface area (Å²) in [5.74, 6) is 0.581. The summed E-state index contributed by atoms with van der Waals surface area (Å²) in [4.78, 5) is 7.58. The lowest BCUT2D eigenvalue weighted by molar-refractivity contribution is 0.617. The maximum Gasteiger partial charge on any atom is 0.227 e. The average Bonchev–Trinajstić information content (AvgIpc) is 3.96. The first-order valence-corrected chi connectivity index (χ1v) is 20.5. The number of furan rings is 1. The fraction of sp³-hybridized carbons (Fsp3) is 0.0536. The van der Waals surface area contributed by atoms with Gasteiger partial charge in [-0.3, -0.25) is 0 Å². The van der Waals surface area contributed by atoms with Crippen molar-refractivity contribution in [2.45, 2.75) is 19.3 Å². The van der Waals surface area contributed by atoms with Crippen LogP contribution in [0.25, 0.3) is 88.6 Å². The predicted octanol–water partition coefficient (Wildman–Crippen LogP) is 15.7. The van der Waals surface area contributed by atoms with Gasteiger partial charge in [-0.25, -0.2) is 4.98 Å². The van der Waals surface area contributed by atoms with Gasteiger partial charge in [-0.2, -0.15) is 0 Å². The van der Waals surface area contributed by atoms with E-state index in [0.717, 1.165) is 66.8 Å². The largest absolute Gasteiger partial charge is 0.456 e. The van der Waals surface area contributed by atoms with Crippen molar-refractivity contribution in [2.24, 2.45) is 0 Å². The number of para-hydroxylation sites is 2. The first-order valence-electron chi connectivity index (χ1n) is 20.5. The van der Waals surface area contributed by atoms with Gasteiger partial charge in [0.05, 0.1) is 5.69 Å². The van der Waals surface area contributed by atoms with Crippen molar-refractivity contribution < 1.29 is 8.83 Å². The minimum absolute atomic E-state index is 0.0943. The molecule has 1 aliphatic carbocycles. The van der Waals surface area contributed by atoms with Crippen LogP contribution in [0.5, 0.6) is 0 Å². The molecule has 11 aromatic rings. The van der Waals surface area contributed by atoms with Crippen molar-refractivity contribution in [3.05, 3.63) is 205 Å². The predicted molar refractivity (Wildman–Crippen MR) is 247 cm³/mol. The summed E-state index contributed by atoms with van der Waals surface area (Å²) in [6.45, 7) is 4.67. The lowest BCUT2D eigenvalue weighted by Crippen LogP contribution is -2.15. The molecule has 0 bridgehead atoms. The number of hydrogen-bond donors (Lipinski definition) is 0. The Labute approximate surface area is 347 Å². The van der Waals surface area contributed by atoms with Gasteiger partial charge in [0.15, 0.2) is 5.58 Å². The van der Waals surface area contributed by atoms with E-state index in [1.807, 2.05) is 48.5 Å². The lowest BCUT2D eigenvalue weighted by Gasteiger charge is -2.29. The number of rotatable bonds is 6. The van der Waals surface area contributed by atoms with Crippen molar-refractivity contribution in [2.75, 3.05) is 4.90 Å². The second kappa shape index (κ2) is 13.2. The van der Waals surface area contributed by atoms with Gasteiger partial charge in [0.25, 0.3) is 0 Å². The Morgan fingerprint density at radius 2 is 1.12 bits per heavy atom. The molecule has 284 valence electrons. The summed E-state index contributed by atoms with van der Waals surface area (Å²) in [6.07, 6.45) is 0. The summed E-state index contributed by atoms with van der Waals surface area (Å²) < 4.78 is 13.0. The van der Waals surface area contributed by atoms with Crippen molar-refractivity contribution in [3.8, 4) is 44.8 Å². The van der Waals surface area contributed by atoms with Gasteiger partial charge < -0.3 is 13.7 Å². The van der Waals surface area contributed by atoms with Crippen LogP contribution in [0.2, 0.25) is 0 Å². The molecule has 0 N–H and O–H groups in total. The van der Waals surface area contributed by atoms with E-state index in [0.29, 0.717) is 11.5 Å². The van der Waals surface area contributed by atoms with E-state index in [4.69, 9.17) is 13.8 Å². The van der Waals surface area contributed by atoms with Crippen molar-refractivity contribution >= 4 is 60.9 Å². The molecule has 0 aliphatic heterocycles. The van der Waals surface area contributed by atoms with Crippen LogP contribution >= 0.6 is 0 Å². The van der Waals surface area contributed by atoms with E-state index in [1.54, 1.807) is 0 Å². The zero-order chi connectivity index (χ0) is 40.0. The highest BCUT2D eigenvalue weighted by molar-refractivity contribution is 6.19. The third kappa shape index (κ3) is 5.20. The van der Waals surface area contributed by atoms with Gasteiger partial charge in [0.1, 0.15) is 16.7 Å². The molecule has 0 atom stereocenters. The smallest absolute Gasteiger partial charge is 0.227 e. The molecule has 2 heterocycles. The molecule has 0 unspecified atom stereocenters. The third-order valence-corrected chi connectivity index (χ3v) is 12.5. The topological polar surface area (TPSA) is 42.4 Å². The molecule has 4 nitrogen and oxygen atoms in total. The Kier molecular flexibility index (Phi) is 7.54. The van der Waals surface area contributed by atoms with Crippen LogP contribution in [0.3, 0.4) is 0 Å². The lowest BCUT2D eigenvalue weighted by atomic mass is 9.82. The molecule has 0 amide bonds. The SMILES string of the molecule is CC1(C)c2ccccc2-c2cc(N(c3ccc(-c4c5nc(-c6ccccc6)oc5cc5oc6ccccc6c45)cc3)c3ccccc3-c3cccc4ccccc34)ccc21. The molecule has 0 saturated heterocycles. The van der Waals surface area contributed by atoms with Crippen LogP contribution < -0.4 is 4.90 Å². The Morgan fingerprint density at radius 3 is 1.98 bits per heavy atom. The van der Waals surface area contributed by atoms with E-state index >= 15 is 0 Å². The van der Waals surface area contributed by atoms with E-state index in [2.05, 4.69) is 164 Å². The van der Waals surface area contributed by atoms with Crippen molar-refractivity contribution in [1.29, 1.82) is 0 Å². The van der Waals surface area contributed by atoms with Gasteiger partial charge in [0, 0.05) is 50.3 Å². The highest BCUT2D eigenvalue weighted by Gasteiger charge is 2.35. The maximum absolute atomic E-state index is 6.48. The second-order valence-electron chi connectivity index (χ2n) is 16.3. The fourth-order valence-corrected chi connectivity index (χ4v) is 9.66. The van der Waals surface area contributed by atoms with Crippen LogP contribution in [0.1, 0.15) is 25.0 Å². The Balaban J connectivity index is 1.08. The molecule has 2 aromatic heterocycles. The van der Waals surface area contributed by atoms with Crippen LogP contribution in [0.15, 0.2) is 203 Å². The van der Waals surface area contributed by atoms with Crippen LogP contribution in [-0.2, 0) is 5.41 Å². The summed E-state index contributed by atoms with van der Waals surface area (Å²) in [6, 6.07) is 69.1. The zero-order valence-corrected chi connectivity index (χ0v) is 33.2. The molecular formula is C56H38N2O2. The normalized spacial score (nSPS) is 13.0. The van der Waals surface area contributed by atoms with Gasteiger partial charge in [-0.1, -0.05) is 153 Å². The van der Waals surface area contributed by atoms with E-state index < -0.39 is 0 Å².